The second kappa shape index (κ2) is 3.18. The van der Waals surface area contributed by atoms with E-state index in [-0.39, 0.29) is 0 Å². The molecule has 1 fully saturated rings. The predicted octanol–water partition coefficient (Wildman–Crippen LogP) is 2.93. The molecule has 2 rings (SSSR count). The van der Waals surface area contributed by atoms with E-state index in [1.54, 1.807) is 0 Å². The Morgan fingerprint density at radius 2 is 1.75 bits per heavy atom. The Hall–Kier alpha value is -0.980. The van der Waals surface area contributed by atoms with Gasteiger partial charge >= 0.3 is 0 Å². The molecule has 0 spiro atoms. The monoisotopic (exact) mass is 161 g/mol. The molecule has 0 aliphatic heterocycles. The molecule has 1 aliphatic rings. The lowest BCUT2D eigenvalue weighted by Crippen LogP contribution is -1.97. The third-order valence-electron chi connectivity index (χ3n) is 2.79. The summed E-state index contributed by atoms with van der Waals surface area (Å²) in [4.78, 5) is 0. The fourth-order valence-corrected chi connectivity index (χ4v) is 2.12. The lowest BCUT2D eigenvalue weighted by molar-refractivity contribution is 0.726. The maximum Gasteiger partial charge on any atom is 0.0349 e. The Kier molecular flexibility index (Phi) is 2.03. The van der Waals surface area contributed by atoms with Crippen LogP contribution in [0, 0.1) is 0 Å². The molecule has 0 radical (unpaired) electrons. The molecule has 1 heteroatoms. The van der Waals surface area contributed by atoms with Crippen molar-refractivity contribution in [1.82, 2.24) is 0 Å². The third-order valence-corrected chi connectivity index (χ3v) is 2.79. The standard InChI is InChI=1S/C11H15N/c12-11-8-4-3-7-10(11)9-5-1-2-6-9/h3-4,7-9H,1-2,5-6,12H2. The van der Waals surface area contributed by atoms with E-state index in [1.807, 2.05) is 12.1 Å². The zero-order valence-corrected chi connectivity index (χ0v) is 7.29. The summed E-state index contributed by atoms with van der Waals surface area (Å²) >= 11 is 0. The lowest BCUT2D eigenvalue weighted by Gasteiger charge is -2.11. The van der Waals surface area contributed by atoms with Gasteiger partial charge in [0.1, 0.15) is 0 Å². The van der Waals surface area contributed by atoms with Gasteiger partial charge in [0.05, 0.1) is 0 Å². The molecule has 0 heterocycles. The summed E-state index contributed by atoms with van der Waals surface area (Å²) in [6, 6.07) is 8.27. The highest BCUT2D eigenvalue weighted by Gasteiger charge is 2.18. The van der Waals surface area contributed by atoms with E-state index < -0.39 is 0 Å². The van der Waals surface area contributed by atoms with Crippen LogP contribution in [0.2, 0.25) is 0 Å². The Bertz CT molecular complexity index is 261. The van der Waals surface area contributed by atoms with Crippen molar-refractivity contribution in [3.8, 4) is 0 Å². The topological polar surface area (TPSA) is 26.0 Å². The minimum absolute atomic E-state index is 0.742. The molecule has 0 bridgehead atoms. The Morgan fingerprint density at radius 3 is 2.42 bits per heavy atom. The van der Waals surface area contributed by atoms with Crippen LogP contribution in [-0.2, 0) is 0 Å². The van der Waals surface area contributed by atoms with Crippen molar-refractivity contribution in [2.45, 2.75) is 31.6 Å². The highest BCUT2D eigenvalue weighted by Crippen LogP contribution is 2.36. The van der Waals surface area contributed by atoms with Crippen molar-refractivity contribution in [3.05, 3.63) is 29.8 Å². The van der Waals surface area contributed by atoms with Crippen LogP contribution in [0.15, 0.2) is 24.3 Å². The van der Waals surface area contributed by atoms with E-state index in [0.29, 0.717) is 0 Å². The number of hydrogen-bond donors (Lipinski definition) is 1. The van der Waals surface area contributed by atoms with E-state index in [1.165, 1.54) is 31.2 Å². The van der Waals surface area contributed by atoms with Crippen LogP contribution in [0.1, 0.15) is 37.2 Å². The Morgan fingerprint density at radius 1 is 1.08 bits per heavy atom. The van der Waals surface area contributed by atoms with Crippen molar-refractivity contribution in [3.63, 3.8) is 0 Å². The van der Waals surface area contributed by atoms with Gasteiger partial charge in [0.15, 0.2) is 0 Å². The SMILES string of the molecule is Nc1ccccc1C1CCCC1. The van der Waals surface area contributed by atoms with Crippen molar-refractivity contribution in [1.29, 1.82) is 0 Å². The van der Waals surface area contributed by atoms with Gasteiger partial charge in [-0.15, -0.1) is 0 Å². The average Bonchev–Trinajstić information content (AvgIpc) is 2.57. The maximum atomic E-state index is 5.90. The molecule has 0 atom stereocenters. The van der Waals surface area contributed by atoms with Crippen molar-refractivity contribution in [2.75, 3.05) is 5.73 Å². The first-order valence-corrected chi connectivity index (χ1v) is 4.72. The lowest BCUT2D eigenvalue weighted by atomic mass is 9.96. The van der Waals surface area contributed by atoms with Gasteiger partial charge in [-0.05, 0) is 30.4 Å². The first-order valence-electron chi connectivity index (χ1n) is 4.72. The first-order chi connectivity index (χ1) is 5.88. The molecule has 0 saturated heterocycles. The third kappa shape index (κ3) is 1.31. The second-order valence-electron chi connectivity index (χ2n) is 3.61. The van der Waals surface area contributed by atoms with E-state index in [0.717, 1.165) is 11.6 Å². The number of anilines is 1. The molecule has 0 unspecified atom stereocenters. The Labute approximate surface area is 73.6 Å². The fraction of sp³-hybridized carbons (Fsp3) is 0.455. The summed E-state index contributed by atoms with van der Waals surface area (Å²) in [7, 11) is 0. The zero-order valence-electron chi connectivity index (χ0n) is 7.29. The number of rotatable bonds is 1. The molecule has 1 aliphatic carbocycles. The summed E-state index contributed by atoms with van der Waals surface area (Å²) in [5, 5.41) is 0. The quantitative estimate of drug-likeness (QED) is 0.630. The van der Waals surface area contributed by atoms with Crippen LogP contribution >= 0.6 is 0 Å². The first kappa shape index (κ1) is 7.66. The van der Waals surface area contributed by atoms with Gasteiger partial charge < -0.3 is 5.73 Å². The number of nitrogens with two attached hydrogens (primary N) is 1. The summed E-state index contributed by atoms with van der Waals surface area (Å²) in [5.74, 6) is 0.742. The molecular weight excluding hydrogens is 146 g/mol. The van der Waals surface area contributed by atoms with Crippen molar-refractivity contribution < 1.29 is 0 Å². The van der Waals surface area contributed by atoms with Gasteiger partial charge in [0, 0.05) is 5.69 Å². The van der Waals surface area contributed by atoms with E-state index >= 15 is 0 Å². The maximum absolute atomic E-state index is 5.90. The largest absolute Gasteiger partial charge is 0.398 e. The van der Waals surface area contributed by atoms with Gasteiger partial charge in [0.25, 0.3) is 0 Å². The van der Waals surface area contributed by atoms with Crippen LogP contribution in [-0.4, -0.2) is 0 Å². The van der Waals surface area contributed by atoms with Crippen LogP contribution < -0.4 is 5.73 Å². The molecule has 12 heavy (non-hydrogen) atoms. The molecule has 1 aromatic rings. The molecular formula is C11H15N. The second-order valence-corrected chi connectivity index (χ2v) is 3.61. The zero-order chi connectivity index (χ0) is 8.39. The van der Waals surface area contributed by atoms with Crippen LogP contribution in [0.4, 0.5) is 5.69 Å². The highest BCUT2D eigenvalue weighted by atomic mass is 14.6. The Balaban J connectivity index is 2.26. The van der Waals surface area contributed by atoms with Crippen molar-refractivity contribution in [2.24, 2.45) is 0 Å². The molecule has 1 saturated carbocycles. The number of nitrogen functional groups attached to an aromatic ring is 1. The van der Waals surface area contributed by atoms with Gasteiger partial charge in [-0.25, -0.2) is 0 Å². The van der Waals surface area contributed by atoms with Gasteiger partial charge in [-0.3, -0.25) is 0 Å². The smallest absolute Gasteiger partial charge is 0.0349 e. The average molecular weight is 161 g/mol. The van der Waals surface area contributed by atoms with E-state index in [9.17, 15) is 0 Å². The van der Waals surface area contributed by atoms with Crippen LogP contribution in [0.3, 0.4) is 0 Å². The molecule has 64 valence electrons. The normalized spacial score (nSPS) is 18.3. The molecule has 1 nitrogen and oxygen atoms in total. The van der Waals surface area contributed by atoms with Crippen molar-refractivity contribution >= 4 is 5.69 Å². The van der Waals surface area contributed by atoms with Gasteiger partial charge in [-0.2, -0.15) is 0 Å². The summed E-state index contributed by atoms with van der Waals surface area (Å²) in [5.41, 5.74) is 8.25. The number of para-hydroxylation sites is 1. The summed E-state index contributed by atoms with van der Waals surface area (Å²) in [6.45, 7) is 0. The number of benzene rings is 1. The van der Waals surface area contributed by atoms with Gasteiger partial charge in [0.2, 0.25) is 0 Å². The minimum atomic E-state index is 0.742. The van der Waals surface area contributed by atoms with E-state index in [2.05, 4.69) is 12.1 Å². The summed E-state index contributed by atoms with van der Waals surface area (Å²) < 4.78 is 0. The minimum Gasteiger partial charge on any atom is -0.398 e. The summed E-state index contributed by atoms with van der Waals surface area (Å²) in [6.07, 6.45) is 5.40. The van der Waals surface area contributed by atoms with Crippen LogP contribution in [0.25, 0.3) is 0 Å². The highest BCUT2D eigenvalue weighted by molar-refractivity contribution is 5.48. The fourth-order valence-electron chi connectivity index (χ4n) is 2.12. The van der Waals surface area contributed by atoms with Gasteiger partial charge in [-0.1, -0.05) is 31.0 Å². The molecule has 0 amide bonds. The van der Waals surface area contributed by atoms with Crippen LogP contribution in [0.5, 0.6) is 0 Å². The molecule has 2 N–H and O–H groups in total. The molecule has 1 aromatic carbocycles. The number of hydrogen-bond acceptors (Lipinski definition) is 1. The predicted molar refractivity (Wildman–Crippen MR) is 52.1 cm³/mol. The van der Waals surface area contributed by atoms with E-state index in [4.69, 9.17) is 5.73 Å². The molecule has 0 aromatic heterocycles.